The van der Waals surface area contributed by atoms with Crippen molar-refractivity contribution < 1.29 is 4.42 Å². The fourth-order valence-corrected chi connectivity index (χ4v) is 9.23. The van der Waals surface area contributed by atoms with E-state index in [-0.39, 0.29) is 5.41 Å². The normalized spacial score (nSPS) is 12.6. The number of nitrogens with zero attached hydrogens (tertiary/aromatic N) is 2. The van der Waals surface area contributed by atoms with Crippen LogP contribution < -0.4 is 9.80 Å². The lowest BCUT2D eigenvalue weighted by atomic mass is 9.82. The molecule has 1 aliphatic rings. The number of anilines is 6. The van der Waals surface area contributed by atoms with Gasteiger partial charge in [-0.25, -0.2) is 0 Å². The molecule has 0 radical (unpaired) electrons. The fraction of sp³-hybridized carbons (Fsp3) is 0.0526. The highest BCUT2D eigenvalue weighted by Crippen LogP contribution is 2.50. The predicted molar refractivity (Wildman–Crippen MR) is 252 cm³/mol. The van der Waals surface area contributed by atoms with Gasteiger partial charge in [-0.1, -0.05) is 141 Å². The van der Waals surface area contributed by atoms with Crippen LogP contribution in [-0.4, -0.2) is 0 Å². The molecular formula is C57H42N2O. The highest BCUT2D eigenvalue weighted by Gasteiger charge is 2.35. The van der Waals surface area contributed by atoms with E-state index in [0.29, 0.717) is 0 Å². The smallest absolute Gasteiger partial charge is 0.135 e. The average molecular weight is 771 g/mol. The molecule has 3 heteroatoms. The molecule has 3 nitrogen and oxygen atoms in total. The van der Waals surface area contributed by atoms with Crippen LogP contribution in [0.15, 0.2) is 223 Å². The van der Waals surface area contributed by atoms with Gasteiger partial charge in [0.2, 0.25) is 0 Å². The van der Waals surface area contributed by atoms with Crippen molar-refractivity contribution in [3.05, 3.63) is 230 Å². The van der Waals surface area contributed by atoms with Crippen LogP contribution in [-0.2, 0) is 5.41 Å². The summed E-state index contributed by atoms with van der Waals surface area (Å²) in [4.78, 5) is 4.67. The number of para-hydroxylation sites is 3. The molecule has 286 valence electrons. The molecule has 1 heterocycles. The number of furan rings is 1. The Balaban J connectivity index is 0.905. The van der Waals surface area contributed by atoms with Crippen LogP contribution in [0.25, 0.3) is 55.3 Å². The summed E-state index contributed by atoms with van der Waals surface area (Å²) in [5, 5.41) is 2.23. The molecule has 1 aliphatic carbocycles. The van der Waals surface area contributed by atoms with Crippen LogP contribution in [0.4, 0.5) is 34.1 Å². The topological polar surface area (TPSA) is 19.6 Å². The summed E-state index contributed by atoms with van der Waals surface area (Å²) in [5.41, 5.74) is 18.5. The summed E-state index contributed by atoms with van der Waals surface area (Å²) in [6, 6.07) is 78.5. The van der Waals surface area contributed by atoms with Crippen molar-refractivity contribution in [3.63, 3.8) is 0 Å². The second kappa shape index (κ2) is 14.3. The molecule has 11 rings (SSSR count). The second-order valence-electron chi connectivity index (χ2n) is 16.2. The van der Waals surface area contributed by atoms with Gasteiger partial charge < -0.3 is 14.2 Å². The van der Waals surface area contributed by atoms with E-state index in [9.17, 15) is 0 Å². The van der Waals surface area contributed by atoms with E-state index in [0.717, 1.165) is 61.6 Å². The summed E-state index contributed by atoms with van der Waals surface area (Å²) in [6.45, 7) is 4.67. The van der Waals surface area contributed by atoms with Crippen molar-refractivity contribution in [2.24, 2.45) is 0 Å². The molecule has 10 aromatic rings. The van der Waals surface area contributed by atoms with Crippen LogP contribution in [0.3, 0.4) is 0 Å². The van der Waals surface area contributed by atoms with E-state index < -0.39 is 0 Å². The van der Waals surface area contributed by atoms with Crippen molar-refractivity contribution in [3.8, 4) is 33.4 Å². The lowest BCUT2D eigenvalue weighted by Crippen LogP contribution is -2.15. The Hall–Kier alpha value is -7.62. The first-order chi connectivity index (χ1) is 29.5. The van der Waals surface area contributed by atoms with E-state index in [1.807, 2.05) is 12.1 Å². The Bertz CT molecular complexity index is 3160. The van der Waals surface area contributed by atoms with E-state index in [4.69, 9.17) is 4.42 Å². The molecule has 9 aromatic carbocycles. The zero-order valence-corrected chi connectivity index (χ0v) is 33.6. The SMILES string of the molecule is CC1(C)c2ccccc2-c2cc(N(c3ccccc3)c3ccc(-c4cccc(-c5ccc(N(c6ccccc6)c6ccc7oc8ccccc8c7c6)cc5)c4)cc3)ccc21. The van der Waals surface area contributed by atoms with Gasteiger partial charge in [0.1, 0.15) is 11.2 Å². The Morgan fingerprint density at radius 3 is 1.45 bits per heavy atom. The van der Waals surface area contributed by atoms with Gasteiger partial charge in [0.05, 0.1) is 0 Å². The predicted octanol–water partition coefficient (Wildman–Crippen LogP) is 16.2. The molecule has 0 fully saturated rings. The number of hydrogen-bond acceptors (Lipinski definition) is 3. The third-order valence-electron chi connectivity index (χ3n) is 12.3. The van der Waals surface area contributed by atoms with Gasteiger partial charge in [0.25, 0.3) is 0 Å². The van der Waals surface area contributed by atoms with Crippen LogP contribution in [0.2, 0.25) is 0 Å². The Morgan fingerprint density at radius 1 is 0.317 bits per heavy atom. The van der Waals surface area contributed by atoms with Crippen molar-refractivity contribution in [2.45, 2.75) is 19.3 Å². The summed E-state index contributed by atoms with van der Waals surface area (Å²) < 4.78 is 6.17. The lowest BCUT2D eigenvalue weighted by molar-refractivity contribution is 0.660. The first-order valence-corrected chi connectivity index (χ1v) is 20.7. The maximum Gasteiger partial charge on any atom is 0.135 e. The van der Waals surface area contributed by atoms with Crippen molar-refractivity contribution in [2.75, 3.05) is 9.80 Å². The number of fused-ring (bicyclic) bond motifs is 6. The molecule has 0 N–H and O–H groups in total. The Kier molecular flexibility index (Phi) is 8.49. The molecule has 0 unspecified atom stereocenters. The van der Waals surface area contributed by atoms with E-state index >= 15 is 0 Å². The van der Waals surface area contributed by atoms with Crippen LogP contribution in [0, 0.1) is 0 Å². The zero-order valence-electron chi connectivity index (χ0n) is 33.6. The quantitative estimate of drug-likeness (QED) is 0.153. The van der Waals surface area contributed by atoms with Crippen LogP contribution in [0.5, 0.6) is 0 Å². The second-order valence-corrected chi connectivity index (χ2v) is 16.2. The minimum absolute atomic E-state index is 0.0326. The Morgan fingerprint density at radius 2 is 0.800 bits per heavy atom. The summed E-state index contributed by atoms with van der Waals surface area (Å²) >= 11 is 0. The van der Waals surface area contributed by atoms with E-state index in [1.165, 1.54) is 38.9 Å². The summed E-state index contributed by atoms with van der Waals surface area (Å²) in [6.07, 6.45) is 0. The van der Waals surface area contributed by atoms with Crippen LogP contribution >= 0.6 is 0 Å². The molecule has 60 heavy (non-hydrogen) atoms. The molecular weight excluding hydrogens is 729 g/mol. The first-order valence-electron chi connectivity index (χ1n) is 20.7. The number of hydrogen-bond donors (Lipinski definition) is 0. The van der Waals surface area contributed by atoms with Crippen molar-refractivity contribution in [1.29, 1.82) is 0 Å². The van der Waals surface area contributed by atoms with Gasteiger partial charge >= 0.3 is 0 Å². The monoisotopic (exact) mass is 770 g/mol. The molecule has 0 aliphatic heterocycles. The number of rotatable bonds is 8. The van der Waals surface area contributed by atoms with Gasteiger partial charge in [-0.15, -0.1) is 0 Å². The van der Waals surface area contributed by atoms with Gasteiger partial charge in [0, 0.05) is 50.3 Å². The molecule has 0 spiro atoms. The third-order valence-corrected chi connectivity index (χ3v) is 12.3. The molecule has 0 saturated heterocycles. The summed E-state index contributed by atoms with van der Waals surface area (Å²) in [5.74, 6) is 0. The zero-order chi connectivity index (χ0) is 40.2. The summed E-state index contributed by atoms with van der Waals surface area (Å²) in [7, 11) is 0. The van der Waals surface area contributed by atoms with Crippen molar-refractivity contribution in [1.82, 2.24) is 0 Å². The largest absolute Gasteiger partial charge is 0.456 e. The van der Waals surface area contributed by atoms with Gasteiger partial charge in [0.15, 0.2) is 0 Å². The molecule has 0 saturated carbocycles. The highest BCUT2D eigenvalue weighted by atomic mass is 16.3. The third kappa shape index (κ3) is 6.06. The minimum atomic E-state index is -0.0326. The van der Waals surface area contributed by atoms with Gasteiger partial charge in [-0.2, -0.15) is 0 Å². The molecule has 1 aromatic heterocycles. The number of benzene rings is 9. The van der Waals surface area contributed by atoms with Gasteiger partial charge in [-0.05, 0) is 136 Å². The fourth-order valence-electron chi connectivity index (χ4n) is 9.23. The minimum Gasteiger partial charge on any atom is -0.456 e. The lowest BCUT2D eigenvalue weighted by Gasteiger charge is -2.27. The molecule has 0 atom stereocenters. The molecule has 0 amide bonds. The van der Waals surface area contributed by atoms with E-state index in [1.54, 1.807) is 0 Å². The first kappa shape index (κ1) is 35.5. The molecule has 0 bridgehead atoms. The average Bonchev–Trinajstić information content (AvgIpc) is 3.79. The van der Waals surface area contributed by atoms with Crippen molar-refractivity contribution >= 4 is 56.1 Å². The van der Waals surface area contributed by atoms with Crippen LogP contribution in [0.1, 0.15) is 25.0 Å². The van der Waals surface area contributed by atoms with E-state index in [2.05, 4.69) is 230 Å². The van der Waals surface area contributed by atoms with Gasteiger partial charge in [-0.3, -0.25) is 0 Å². The maximum atomic E-state index is 6.17. The Labute approximate surface area is 351 Å². The standard InChI is InChI=1S/C57H42N2O/c1-57(2)53-22-11-9-20-49(53)51-37-47(32-34-54(51)57)58(43-16-5-3-6-17-43)45-28-24-39(25-29-45)41-14-13-15-42(36-41)40-26-30-46(31-27-40)59(44-18-7-4-8-19-44)48-33-35-56-52(38-48)50-21-10-12-23-55(50)60-56/h3-38H,1-2H3. The maximum absolute atomic E-state index is 6.17. The highest BCUT2D eigenvalue weighted by molar-refractivity contribution is 6.06.